The lowest BCUT2D eigenvalue weighted by atomic mass is 10.1. The van der Waals surface area contributed by atoms with Gasteiger partial charge in [-0.15, -0.1) is 12.4 Å². The fraction of sp³-hybridized carbons (Fsp3) is 0.333. The van der Waals surface area contributed by atoms with E-state index in [1.165, 1.54) is 0 Å². The minimum absolute atomic E-state index is 0. The third-order valence-corrected chi connectivity index (χ3v) is 4.68. The normalized spacial score (nSPS) is 18.1. The van der Waals surface area contributed by atoms with Gasteiger partial charge >= 0.3 is 0 Å². The molecule has 0 bridgehead atoms. The summed E-state index contributed by atoms with van der Waals surface area (Å²) >= 11 is 0. The number of carbonyl (C=O) groups is 2. The summed E-state index contributed by atoms with van der Waals surface area (Å²) in [5, 5.41) is 5.74. The molecular formula is C21H26ClN3O3. The summed E-state index contributed by atoms with van der Waals surface area (Å²) in [6.45, 7) is 2.52. The van der Waals surface area contributed by atoms with E-state index in [2.05, 4.69) is 10.6 Å². The quantitative estimate of drug-likeness (QED) is 0.683. The SMILES string of the molecule is CCOc1ccc(NC(=O)c2ccc(NC(=O)C3CCC(N)C3)cc2)cc1.Cl. The van der Waals surface area contributed by atoms with Crippen LogP contribution in [-0.2, 0) is 4.79 Å². The van der Waals surface area contributed by atoms with Crippen LogP contribution in [0, 0.1) is 5.92 Å². The van der Waals surface area contributed by atoms with E-state index < -0.39 is 0 Å². The Morgan fingerprint density at radius 1 is 1.00 bits per heavy atom. The molecule has 6 nitrogen and oxygen atoms in total. The topological polar surface area (TPSA) is 93.5 Å². The van der Waals surface area contributed by atoms with Gasteiger partial charge in [-0.2, -0.15) is 0 Å². The van der Waals surface area contributed by atoms with Gasteiger partial charge < -0.3 is 21.1 Å². The number of benzene rings is 2. The predicted octanol–water partition coefficient (Wildman–Crippen LogP) is 3.83. The Labute approximate surface area is 171 Å². The Balaban J connectivity index is 0.00000280. The van der Waals surface area contributed by atoms with Crippen molar-refractivity contribution in [2.75, 3.05) is 17.2 Å². The number of rotatable bonds is 6. The van der Waals surface area contributed by atoms with Crippen molar-refractivity contribution in [3.05, 3.63) is 54.1 Å². The Kier molecular flexibility index (Phi) is 7.84. The summed E-state index contributed by atoms with van der Waals surface area (Å²) in [5.41, 5.74) is 7.75. The third kappa shape index (κ3) is 5.71. The fourth-order valence-electron chi connectivity index (χ4n) is 3.21. The average Bonchev–Trinajstić information content (AvgIpc) is 3.11. The van der Waals surface area contributed by atoms with Crippen LogP contribution in [0.4, 0.5) is 11.4 Å². The van der Waals surface area contributed by atoms with Crippen molar-refractivity contribution < 1.29 is 14.3 Å². The predicted molar refractivity (Wildman–Crippen MR) is 113 cm³/mol. The summed E-state index contributed by atoms with van der Waals surface area (Å²) < 4.78 is 5.38. The first-order valence-electron chi connectivity index (χ1n) is 9.26. The first-order valence-corrected chi connectivity index (χ1v) is 9.26. The summed E-state index contributed by atoms with van der Waals surface area (Å²) in [7, 11) is 0. The highest BCUT2D eigenvalue weighted by atomic mass is 35.5. The Morgan fingerprint density at radius 2 is 1.61 bits per heavy atom. The van der Waals surface area contributed by atoms with E-state index in [0.717, 1.165) is 25.0 Å². The zero-order valence-corrected chi connectivity index (χ0v) is 16.6. The average molecular weight is 404 g/mol. The molecule has 2 amide bonds. The fourth-order valence-corrected chi connectivity index (χ4v) is 3.21. The molecule has 28 heavy (non-hydrogen) atoms. The molecule has 2 aromatic rings. The molecule has 1 saturated carbocycles. The maximum atomic E-state index is 12.4. The number of hydrogen-bond donors (Lipinski definition) is 3. The number of nitrogens with two attached hydrogens (primary N) is 1. The minimum atomic E-state index is -0.209. The second kappa shape index (κ2) is 10.1. The summed E-state index contributed by atoms with van der Waals surface area (Å²) in [5.74, 6) is 0.523. The van der Waals surface area contributed by atoms with Gasteiger partial charge in [-0.05, 0) is 74.7 Å². The molecule has 0 aromatic heterocycles. The molecule has 1 aliphatic rings. The van der Waals surface area contributed by atoms with Crippen LogP contribution in [0.2, 0.25) is 0 Å². The standard InChI is InChI=1S/C21H25N3O3.ClH/c1-2-27-19-11-9-18(10-12-19)23-20(25)14-4-7-17(8-5-14)24-21(26)15-3-6-16(22)13-15;/h4-5,7-12,15-16H,2-3,6,13,22H2,1H3,(H,23,25)(H,24,26);1H. The van der Waals surface area contributed by atoms with Crippen molar-refractivity contribution in [1.29, 1.82) is 0 Å². The van der Waals surface area contributed by atoms with Gasteiger partial charge in [0.2, 0.25) is 5.91 Å². The third-order valence-electron chi connectivity index (χ3n) is 4.68. The highest BCUT2D eigenvalue weighted by Crippen LogP contribution is 2.25. The number of halogens is 1. The highest BCUT2D eigenvalue weighted by Gasteiger charge is 2.27. The van der Waals surface area contributed by atoms with Gasteiger partial charge in [-0.1, -0.05) is 0 Å². The molecule has 2 aromatic carbocycles. The first kappa shape index (κ1) is 21.7. The molecule has 7 heteroatoms. The smallest absolute Gasteiger partial charge is 0.255 e. The second-order valence-electron chi connectivity index (χ2n) is 6.75. The van der Waals surface area contributed by atoms with Crippen LogP contribution in [-0.4, -0.2) is 24.5 Å². The van der Waals surface area contributed by atoms with Crippen LogP contribution in [0.1, 0.15) is 36.5 Å². The molecule has 2 unspecified atom stereocenters. The first-order chi connectivity index (χ1) is 13.0. The number of hydrogen-bond acceptors (Lipinski definition) is 4. The Morgan fingerprint density at radius 3 is 2.18 bits per heavy atom. The number of nitrogens with one attached hydrogen (secondary N) is 2. The molecule has 0 radical (unpaired) electrons. The van der Waals surface area contributed by atoms with E-state index in [9.17, 15) is 9.59 Å². The lowest BCUT2D eigenvalue weighted by Gasteiger charge is -2.11. The van der Waals surface area contributed by atoms with Gasteiger partial charge in [0.25, 0.3) is 5.91 Å². The molecule has 0 aliphatic heterocycles. The Bertz CT molecular complexity index is 794. The van der Waals surface area contributed by atoms with E-state index in [1.54, 1.807) is 36.4 Å². The number of anilines is 2. The lowest BCUT2D eigenvalue weighted by Crippen LogP contribution is -2.23. The van der Waals surface area contributed by atoms with Crippen LogP contribution in [0.5, 0.6) is 5.75 Å². The van der Waals surface area contributed by atoms with Gasteiger partial charge in [0, 0.05) is 28.9 Å². The minimum Gasteiger partial charge on any atom is -0.494 e. The molecule has 1 aliphatic carbocycles. The van der Waals surface area contributed by atoms with Crippen LogP contribution in [0.3, 0.4) is 0 Å². The zero-order valence-electron chi connectivity index (χ0n) is 15.8. The molecule has 1 fully saturated rings. The maximum Gasteiger partial charge on any atom is 0.255 e. The molecule has 3 rings (SSSR count). The van der Waals surface area contributed by atoms with Crippen molar-refractivity contribution in [2.45, 2.75) is 32.2 Å². The number of amides is 2. The van der Waals surface area contributed by atoms with E-state index in [1.807, 2.05) is 19.1 Å². The van der Waals surface area contributed by atoms with E-state index in [0.29, 0.717) is 23.5 Å². The van der Waals surface area contributed by atoms with Crippen LogP contribution < -0.4 is 21.1 Å². The summed E-state index contributed by atoms with van der Waals surface area (Å²) in [4.78, 5) is 24.6. The van der Waals surface area contributed by atoms with Crippen molar-refractivity contribution in [3.63, 3.8) is 0 Å². The van der Waals surface area contributed by atoms with Crippen LogP contribution in [0.15, 0.2) is 48.5 Å². The molecule has 2 atom stereocenters. The van der Waals surface area contributed by atoms with Crippen molar-refractivity contribution in [1.82, 2.24) is 0 Å². The van der Waals surface area contributed by atoms with Crippen molar-refractivity contribution in [3.8, 4) is 5.75 Å². The molecule has 150 valence electrons. The Hall–Kier alpha value is -2.57. The monoisotopic (exact) mass is 403 g/mol. The van der Waals surface area contributed by atoms with Crippen molar-refractivity contribution >= 4 is 35.6 Å². The van der Waals surface area contributed by atoms with Gasteiger partial charge in [0.15, 0.2) is 0 Å². The largest absolute Gasteiger partial charge is 0.494 e. The van der Waals surface area contributed by atoms with Crippen LogP contribution in [0.25, 0.3) is 0 Å². The van der Waals surface area contributed by atoms with Gasteiger partial charge in [-0.3, -0.25) is 9.59 Å². The summed E-state index contributed by atoms with van der Waals surface area (Å²) in [6.07, 6.45) is 2.45. The van der Waals surface area contributed by atoms with E-state index in [-0.39, 0.29) is 36.2 Å². The number of ether oxygens (including phenoxy) is 1. The maximum absolute atomic E-state index is 12.4. The molecule has 0 heterocycles. The van der Waals surface area contributed by atoms with Gasteiger partial charge in [-0.25, -0.2) is 0 Å². The van der Waals surface area contributed by atoms with E-state index in [4.69, 9.17) is 10.5 Å². The molecule has 4 N–H and O–H groups in total. The highest BCUT2D eigenvalue weighted by molar-refractivity contribution is 6.04. The van der Waals surface area contributed by atoms with E-state index >= 15 is 0 Å². The summed E-state index contributed by atoms with van der Waals surface area (Å²) in [6, 6.07) is 14.2. The molecule has 0 spiro atoms. The lowest BCUT2D eigenvalue weighted by molar-refractivity contribution is -0.119. The molecule has 0 saturated heterocycles. The molecular weight excluding hydrogens is 378 g/mol. The van der Waals surface area contributed by atoms with Crippen molar-refractivity contribution in [2.24, 2.45) is 11.7 Å². The zero-order chi connectivity index (χ0) is 19.2. The second-order valence-corrected chi connectivity index (χ2v) is 6.75. The van der Waals surface area contributed by atoms with Crippen LogP contribution >= 0.6 is 12.4 Å². The van der Waals surface area contributed by atoms with Gasteiger partial charge in [0.05, 0.1) is 6.61 Å². The van der Waals surface area contributed by atoms with Gasteiger partial charge in [0.1, 0.15) is 5.75 Å². The number of carbonyl (C=O) groups excluding carboxylic acids is 2.